The fourth-order valence-electron chi connectivity index (χ4n) is 1.16. The van der Waals surface area contributed by atoms with Crippen LogP contribution in [-0.2, 0) is 16.1 Å². The molecule has 92 valence electrons. The summed E-state index contributed by atoms with van der Waals surface area (Å²) in [6.45, 7) is 1.56. The number of hydroxylamine groups is 1. The predicted octanol–water partition coefficient (Wildman–Crippen LogP) is 0.583. The van der Waals surface area contributed by atoms with E-state index in [4.69, 9.17) is 5.21 Å². The molecule has 0 heterocycles. The number of nitrogens with one attached hydrogen (secondary N) is 2. The molecule has 17 heavy (non-hydrogen) atoms. The molecule has 0 aliphatic heterocycles. The van der Waals surface area contributed by atoms with E-state index >= 15 is 0 Å². The van der Waals surface area contributed by atoms with Gasteiger partial charge in [-0.3, -0.25) is 14.8 Å². The standard InChI is InChI=1S/C11H13FN2O3/c1-7(11(16)14-17)10(15)13-6-8-2-4-9(12)5-3-8/h2-5,7,17H,6H2,1H3,(H,13,15)(H,14,16). The monoisotopic (exact) mass is 240 g/mol. The summed E-state index contributed by atoms with van der Waals surface area (Å²) in [6, 6.07) is 5.63. The van der Waals surface area contributed by atoms with Crippen LogP contribution in [-0.4, -0.2) is 17.0 Å². The molecule has 0 saturated heterocycles. The van der Waals surface area contributed by atoms with Gasteiger partial charge in [-0.25, -0.2) is 9.87 Å². The van der Waals surface area contributed by atoms with E-state index < -0.39 is 17.7 Å². The van der Waals surface area contributed by atoms with Gasteiger partial charge in [0.05, 0.1) is 0 Å². The first-order valence-electron chi connectivity index (χ1n) is 5.00. The molecule has 0 saturated carbocycles. The van der Waals surface area contributed by atoms with Crippen molar-refractivity contribution in [3.05, 3.63) is 35.6 Å². The minimum absolute atomic E-state index is 0.197. The zero-order valence-electron chi connectivity index (χ0n) is 9.24. The molecule has 2 amide bonds. The molecule has 0 radical (unpaired) electrons. The minimum Gasteiger partial charge on any atom is -0.351 e. The van der Waals surface area contributed by atoms with Crippen LogP contribution >= 0.6 is 0 Å². The number of hydrogen-bond acceptors (Lipinski definition) is 3. The number of hydrogen-bond donors (Lipinski definition) is 3. The minimum atomic E-state index is -0.986. The van der Waals surface area contributed by atoms with Crippen LogP contribution in [0.2, 0.25) is 0 Å². The summed E-state index contributed by atoms with van der Waals surface area (Å²) in [5.74, 6) is -2.63. The van der Waals surface area contributed by atoms with Crippen molar-refractivity contribution in [2.45, 2.75) is 13.5 Å². The van der Waals surface area contributed by atoms with E-state index in [-0.39, 0.29) is 12.4 Å². The Morgan fingerprint density at radius 1 is 1.29 bits per heavy atom. The first kappa shape index (κ1) is 13.1. The smallest absolute Gasteiger partial charge is 0.255 e. The van der Waals surface area contributed by atoms with E-state index in [1.165, 1.54) is 36.7 Å². The lowest BCUT2D eigenvalue weighted by atomic mass is 10.1. The SMILES string of the molecule is CC(C(=O)NO)C(=O)NCc1ccc(F)cc1. The lowest BCUT2D eigenvalue weighted by molar-refractivity contribution is -0.139. The molecule has 0 fully saturated rings. The van der Waals surface area contributed by atoms with Crippen molar-refractivity contribution in [3.8, 4) is 0 Å². The second kappa shape index (κ2) is 5.95. The molecule has 5 nitrogen and oxygen atoms in total. The van der Waals surface area contributed by atoms with Gasteiger partial charge in [0.1, 0.15) is 11.7 Å². The number of carbonyl (C=O) groups excluding carboxylic acids is 2. The Morgan fingerprint density at radius 2 is 1.88 bits per heavy atom. The maximum atomic E-state index is 12.6. The zero-order valence-corrected chi connectivity index (χ0v) is 9.24. The summed E-state index contributed by atoms with van der Waals surface area (Å²) in [5.41, 5.74) is 2.12. The van der Waals surface area contributed by atoms with Gasteiger partial charge >= 0.3 is 0 Å². The molecule has 0 spiro atoms. The van der Waals surface area contributed by atoms with Crippen molar-refractivity contribution in [1.29, 1.82) is 0 Å². The van der Waals surface area contributed by atoms with Gasteiger partial charge in [-0.15, -0.1) is 0 Å². The van der Waals surface area contributed by atoms with Crippen molar-refractivity contribution in [3.63, 3.8) is 0 Å². The Bertz CT molecular complexity index is 406. The van der Waals surface area contributed by atoms with E-state index in [1.54, 1.807) is 0 Å². The Balaban J connectivity index is 2.48. The number of amides is 2. The van der Waals surface area contributed by atoms with Crippen molar-refractivity contribution in [2.24, 2.45) is 5.92 Å². The van der Waals surface area contributed by atoms with E-state index in [0.717, 1.165) is 5.56 Å². The molecular formula is C11H13FN2O3. The highest BCUT2D eigenvalue weighted by Crippen LogP contribution is 2.03. The number of rotatable bonds is 4. The Labute approximate surface area is 97.6 Å². The molecule has 3 N–H and O–H groups in total. The third-order valence-corrected chi connectivity index (χ3v) is 2.28. The zero-order chi connectivity index (χ0) is 12.8. The second-order valence-corrected chi connectivity index (χ2v) is 3.54. The average Bonchev–Trinajstić information content (AvgIpc) is 2.35. The van der Waals surface area contributed by atoms with Crippen molar-refractivity contribution in [2.75, 3.05) is 0 Å². The lowest BCUT2D eigenvalue weighted by Gasteiger charge is -2.10. The van der Waals surface area contributed by atoms with Gasteiger partial charge in [0, 0.05) is 6.54 Å². The van der Waals surface area contributed by atoms with E-state index in [1.807, 2.05) is 0 Å². The van der Waals surface area contributed by atoms with Gasteiger partial charge in [0.25, 0.3) is 5.91 Å². The molecule has 0 aromatic heterocycles. The van der Waals surface area contributed by atoms with Crippen molar-refractivity contribution in [1.82, 2.24) is 10.8 Å². The molecule has 0 aliphatic rings. The van der Waals surface area contributed by atoms with Crippen molar-refractivity contribution < 1.29 is 19.2 Å². The maximum absolute atomic E-state index is 12.6. The molecule has 1 aromatic carbocycles. The average molecular weight is 240 g/mol. The highest BCUT2D eigenvalue weighted by molar-refractivity contribution is 5.99. The van der Waals surface area contributed by atoms with Crippen LogP contribution in [0.15, 0.2) is 24.3 Å². The van der Waals surface area contributed by atoms with Gasteiger partial charge in [-0.05, 0) is 24.6 Å². The molecule has 0 aliphatic carbocycles. The normalized spacial score (nSPS) is 11.7. The van der Waals surface area contributed by atoms with Gasteiger partial charge in [0.15, 0.2) is 0 Å². The molecule has 6 heteroatoms. The third kappa shape index (κ3) is 3.84. The summed E-state index contributed by atoms with van der Waals surface area (Å²) in [4.78, 5) is 22.4. The van der Waals surface area contributed by atoms with Crippen LogP contribution < -0.4 is 10.8 Å². The lowest BCUT2D eigenvalue weighted by Crippen LogP contribution is -2.38. The number of benzene rings is 1. The number of halogens is 1. The largest absolute Gasteiger partial charge is 0.351 e. The van der Waals surface area contributed by atoms with E-state index in [0.29, 0.717) is 0 Å². The van der Waals surface area contributed by atoms with Crippen LogP contribution in [0.1, 0.15) is 12.5 Å². The quantitative estimate of drug-likeness (QED) is 0.409. The van der Waals surface area contributed by atoms with Crippen LogP contribution in [0.5, 0.6) is 0 Å². The van der Waals surface area contributed by atoms with E-state index in [2.05, 4.69) is 5.32 Å². The van der Waals surface area contributed by atoms with Crippen LogP contribution in [0.4, 0.5) is 4.39 Å². The molecule has 0 bridgehead atoms. The molecule has 1 rings (SSSR count). The first-order chi connectivity index (χ1) is 8.04. The predicted molar refractivity (Wildman–Crippen MR) is 57.3 cm³/mol. The van der Waals surface area contributed by atoms with Gasteiger partial charge in [0.2, 0.25) is 5.91 Å². The van der Waals surface area contributed by atoms with Gasteiger partial charge < -0.3 is 5.32 Å². The van der Waals surface area contributed by atoms with Crippen molar-refractivity contribution >= 4 is 11.8 Å². The topological polar surface area (TPSA) is 78.4 Å². The summed E-state index contributed by atoms with van der Waals surface area (Å²) in [6.07, 6.45) is 0. The summed E-state index contributed by atoms with van der Waals surface area (Å²) >= 11 is 0. The fourth-order valence-corrected chi connectivity index (χ4v) is 1.16. The Kier molecular flexibility index (Phi) is 4.59. The molecule has 1 atom stereocenters. The van der Waals surface area contributed by atoms with Gasteiger partial charge in [-0.2, -0.15) is 0 Å². The summed E-state index contributed by atoms with van der Waals surface area (Å²) < 4.78 is 12.6. The summed E-state index contributed by atoms with van der Waals surface area (Å²) in [7, 11) is 0. The Hall–Kier alpha value is -1.95. The van der Waals surface area contributed by atoms with Crippen LogP contribution in [0, 0.1) is 11.7 Å². The fraction of sp³-hybridized carbons (Fsp3) is 0.273. The highest BCUT2D eigenvalue weighted by atomic mass is 19.1. The molecule has 1 aromatic rings. The van der Waals surface area contributed by atoms with Gasteiger partial charge in [-0.1, -0.05) is 12.1 Å². The summed E-state index contributed by atoms with van der Waals surface area (Å²) in [5, 5.41) is 10.8. The first-order valence-corrected chi connectivity index (χ1v) is 5.00. The second-order valence-electron chi connectivity index (χ2n) is 3.54. The Morgan fingerprint density at radius 3 is 2.41 bits per heavy atom. The van der Waals surface area contributed by atoms with Crippen LogP contribution in [0.25, 0.3) is 0 Å². The maximum Gasteiger partial charge on any atom is 0.255 e. The molecule has 1 unspecified atom stereocenters. The molecular weight excluding hydrogens is 227 g/mol. The number of carbonyl (C=O) groups is 2. The third-order valence-electron chi connectivity index (χ3n) is 2.28. The van der Waals surface area contributed by atoms with Crippen LogP contribution in [0.3, 0.4) is 0 Å². The highest BCUT2D eigenvalue weighted by Gasteiger charge is 2.20. The van der Waals surface area contributed by atoms with E-state index in [9.17, 15) is 14.0 Å².